The van der Waals surface area contributed by atoms with Gasteiger partial charge in [0.15, 0.2) is 5.65 Å². The van der Waals surface area contributed by atoms with Crippen molar-refractivity contribution >= 4 is 22.8 Å². The molecule has 0 atom stereocenters. The molecule has 5 heteroatoms. The Kier molecular flexibility index (Phi) is 4.53. The number of rotatable bonds is 4. The van der Waals surface area contributed by atoms with Crippen LogP contribution in [0.25, 0.3) is 11.2 Å². The van der Waals surface area contributed by atoms with Crippen LogP contribution in [0.4, 0.5) is 0 Å². The third-order valence-electron chi connectivity index (χ3n) is 4.61. The van der Waals surface area contributed by atoms with E-state index < -0.39 is 0 Å². The molecular formula is C16H25ClN4. The lowest BCUT2D eigenvalue weighted by atomic mass is 10.1. The Morgan fingerprint density at radius 1 is 1.19 bits per heavy atom. The molecule has 4 nitrogen and oxygen atoms in total. The first-order chi connectivity index (χ1) is 10.3. The predicted molar refractivity (Wildman–Crippen MR) is 86.8 cm³/mol. The first-order valence-corrected chi connectivity index (χ1v) is 8.78. The van der Waals surface area contributed by atoms with Gasteiger partial charge in [0, 0.05) is 13.1 Å². The summed E-state index contributed by atoms with van der Waals surface area (Å²) in [7, 11) is 2.04. The molecule has 0 spiro atoms. The van der Waals surface area contributed by atoms with Crippen LogP contribution in [0.5, 0.6) is 0 Å². The fourth-order valence-electron chi connectivity index (χ4n) is 3.65. The molecular weight excluding hydrogens is 284 g/mol. The Labute approximate surface area is 131 Å². The van der Waals surface area contributed by atoms with Crippen LogP contribution in [0.2, 0.25) is 0 Å². The molecule has 2 aromatic rings. The Hall–Kier alpha value is -1.03. The van der Waals surface area contributed by atoms with Gasteiger partial charge in [-0.3, -0.25) is 4.68 Å². The zero-order valence-corrected chi connectivity index (χ0v) is 13.9. The number of fused-ring (bicyclic) bond motifs is 1. The quantitative estimate of drug-likeness (QED) is 0.621. The van der Waals surface area contributed by atoms with Gasteiger partial charge in [0.2, 0.25) is 0 Å². The van der Waals surface area contributed by atoms with Gasteiger partial charge < -0.3 is 4.57 Å². The highest BCUT2D eigenvalue weighted by atomic mass is 35.5. The van der Waals surface area contributed by atoms with Crippen LogP contribution in [0, 0.1) is 0 Å². The first-order valence-electron chi connectivity index (χ1n) is 8.25. The van der Waals surface area contributed by atoms with Gasteiger partial charge in [-0.25, -0.2) is 4.98 Å². The Morgan fingerprint density at radius 3 is 2.52 bits per heavy atom. The van der Waals surface area contributed by atoms with E-state index in [1.165, 1.54) is 44.2 Å². The van der Waals surface area contributed by atoms with Crippen molar-refractivity contribution < 1.29 is 0 Å². The topological polar surface area (TPSA) is 35.6 Å². The van der Waals surface area contributed by atoms with Crippen LogP contribution in [0.1, 0.15) is 69.4 Å². The van der Waals surface area contributed by atoms with E-state index in [9.17, 15) is 0 Å². The minimum Gasteiger partial charge on any atom is -0.309 e. The fraction of sp³-hybridized carbons (Fsp3) is 0.750. The van der Waals surface area contributed by atoms with E-state index in [2.05, 4.69) is 16.6 Å². The van der Waals surface area contributed by atoms with Gasteiger partial charge in [0.1, 0.15) is 11.3 Å². The second kappa shape index (κ2) is 6.39. The minimum absolute atomic E-state index is 0.483. The number of aryl methyl sites for hydroxylation is 2. The maximum atomic E-state index is 6.19. The summed E-state index contributed by atoms with van der Waals surface area (Å²) in [6.07, 6.45) is 9.90. The monoisotopic (exact) mass is 308 g/mol. The van der Waals surface area contributed by atoms with Gasteiger partial charge in [-0.1, -0.05) is 39.0 Å². The first kappa shape index (κ1) is 14.9. The van der Waals surface area contributed by atoms with E-state index >= 15 is 0 Å². The van der Waals surface area contributed by atoms with Crippen molar-refractivity contribution in [3.05, 3.63) is 11.5 Å². The SMILES string of the molecule is CCCc1nn(C)c2c1nc(CCl)n2C1CCCCCC1. The molecule has 0 bridgehead atoms. The van der Waals surface area contributed by atoms with Gasteiger partial charge in [-0.05, 0) is 19.3 Å². The number of hydrogen-bond donors (Lipinski definition) is 0. The summed E-state index contributed by atoms with van der Waals surface area (Å²) in [4.78, 5) is 4.82. The lowest BCUT2D eigenvalue weighted by molar-refractivity contribution is 0.437. The number of alkyl halides is 1. The van der Waals surface area contributed by atoms with Crippen molar-refractivity contribution in [3.63, 3.8) is 0 Å². The van der Waals surface area contributed by atoms with Crippen molar-refractivity contribution in [2.45, 2.75) is 70.2 Å². The van der Waals surface area contributed by atoms with Crippen LogP contribution >= 0.6 is 11.6 Å². The summed E-state index contributed by atoms with van der Waals surface area (Å²) in [6, 6.07) is 0.538. The van der Waals surface area contributed by atoms with Crippen LogP contribution in [-0.4, -0.2) is 19.3 Å². The maximum absolute atomic E-state index is 6.19. The number of aromatic nitrogens is 4. The van der Waals surface area contributed by atoms with E-state index in [1.807, 2.05) is 11.7 Å². The van der Waals surface area contributed by atoms with E-state index in [0.29, 0.717) is 11.9 Å². The largest absolute Gasteiger partial charge is 0.309 e. The molecule has 2 heterocycles. The standard InChI is InChI=1S/C16H25ClN4/c1-3-8-13-15-16(20(2)19-13)21(14(11-17)18-15)12-9-6-4-5-7-10-12/h12H,3-11H2,1-2H3. The molecule has 116 valence electrons. The van der Waals surface area contributed by atoms with E-state index in [0.717, 1.165) is 29.9 Å². The lowest BCUT2D eigenvalue weighted by Crippen LogP contribution is -2.13. The molecule has 0 N–H and O–H groups in total. The Bertz CT molecular complexity index is 605. The second-order valence-corrected chi connectivity index (χ2v) is 6.44. The highest BCUT2D eigenvalue weighted by Crippen LogP contribution is 2.33. The summed E-state index contributed by atoms with van der Waals surface area (Å²) in [6.45, 7) is 2.19. The molecule has 3 rings (SSSR count). The molecule has 0 radical (unpaired) electrons. The normalized spacial score (nSPS) is 17.5. The molecule has 0 unspecified atom stereocenters. The van der Waals surface area contributed by atoms with Gasteiger partial charge in [-0.15, -0.1) is 11.6 Å². The number of nitrogens with zero attached hydrogens (tertiary/aromatic N) is 4. The summed E-state index contributed by atoms with van der Waals surface area (Å²) >= 11 is 6.19. The van der Waals surface area contributed by atoms with Crippen LogP contribution in [0.3, 0.4) is 0 Å². The lowest BCUT2D eigenvalue weighted by Gasteiger charge is -2.19. The average Bonchev–Trinajstić information content (AvgIpc) is 2.86. The molecule has 21 heavy (non-hydrogen) atoms. The molecule has 0 amide bonds. The number of halogens is 1. The van der Waals surface area contributed by atoms with E-state index in [-0.39, 0.29) is 0 Å². The fourth-order valence-corrected chi connectivity index (χ4v) is 3.84. The van der Waals surface area contributed by atoms with Crippen molar-refractivity contribution in [3.8, 4) is 0 Å². The van der Waals surface area contributed by atoms with Crippen LogP contribution < -0.4 is 0 Å². The molecule has 1 fully saturated rings. The summed E-state index contributed by atoms with van der Waals surface area (Å²) in [5, 5.41) is 4.68. The second-order valence-electron chi connectivity index (χ2n) is 6.17. The average molecular weight is 309 g/mol. The molecule has 0 aliphatic heterocycles. The summed E-state index contributed by atoms with van der Waals surface area (Å²) in [5.74, 6) is 1.50. The number of imidazole rings is 1. The summed E-state index contributed by atoms with van der Waals surface area (Å²) < 4.78 is 4.40. The maximum Gasteiger partial charge on any atom is 0.158 e. The third kappa shape index (κ3) is 2.70. The van der Waals surface area contributed by atoms with E-state index in [1.54, 1.807) is 0 Å². The van der Waals surface area contributed by atoms with Gasteiger partial charge in [0.25, 0.3) is 0 Å². The predicted octanol–water partition coefficient (Wildman–Crippen LogP) is 4.36. The van der Waals surface area contributed by atoms with Crippen molar-refractivity contribution in [2.24, 2.45) is 7.05 Å². The Balaban J connectivity index is 2.10. The molecule has 1 aliphatic carbocycles. The Morgan fingerprint density at radius 2 is 1.90 bits per heavy atom. The number of hydrogen-bond acceptors (Lipinski definition) is 2. The minimum atomic E-state index is 0.483. The zero-order chi connectivity index (χ0) is 14.8. The molecule has 1 aliphatic rings. The smallest absolute Gasteiger partial charge is 0.158 e. The molecule has 0 aromatic carbocycles. The van der Waals surface area contributed by atoms with Crippen LogP contribution in [-0.2, 0) is 19.3 Å². The zero-order valence-electron chi connectivity index (χ0n) is 13.1. The molecule has 1 saturated carbocycles. The van der Waals surface area contributed by atoms with Crippen molar-refractivity contribution in [1.82, 2.24) is 19.3 Å². The van der Waals surface area contributed by atoms with Gasteiger partial charge in [-0.2, -0.15) is 5.10 Å². The van der Waals surface area contributed by atoms with Crippen molar-refractivity contribution in [2.75, 3.05) is 0 Å². The van der Waals surface area contributed by atoms with Gasteiger partial charge >= 0.3 is 0 Å². The highest BCUT2D eigenvalue weighted by molar-refractivity contribution is 6.16. The highest BCUT2D eigenvalue weighted by Gasteiger charge is 2.24. The third-order valence-corrected chi connectivity index (χ3v) is 4.84. The molecule has 0 saturated heterocycles. The van der Waals surface area contributed by atoms with Crippen molar-refractivity contribution in [1.29, 1.82) is 0 Å². The summed E-state index contributed by atoms with van der Waals surface area (Å²) in [5.41, 5.74) is 3.36. The van der Waals surface area contributed by atoms with Crippen LogP contribution in [0.15, 0.2) is 0 Å². The van der Waals surface area contributed by atoms with Gasteiger partial charge in [0.05, 0.1) is 11.6 Å². The molecule has 2 aromatic heterocycles. The van der Waals surface area contributed by atoms with E-state index in [4.69, 9.17) is 16.6 Å².